The molecule has 1 rings (SSSR count). The van der Waals surface area contributed by atoms with Gasteiger partial charge in [-0.2, -0.15) is 0 Å². The zero-order valence-electron chi connectivity index (χ0n) is 9.07. The highest BCUT2D eigenvalue weighted by molar-refractivity contribution is 5.94. The maximum atomic E-state index is 13.1. The van der Waals surface area contributed by atoms with E-state index in [0.29, 0.717) is 6.07 Å². The van der Waals surface area contributed by atoms with Crippen LogP contribution in [-0.2, 0) is 9.53 Å². The van der Waals surface area contributed by atoms with Crippen molar-refractivity contribution < 1.29 is 18.3 Å². The van der Waals surface area contributed by atoms with Crippen LogP contribution < -0.4 is 11.1 Å². The molecule has 0 heterocycles. The number of hydrogen-bond donors (Lipinski definition) is 2. The lowest BCUT2D eigenvalue weighted by molar-refractivity contribution is -0.118. The SMILES string of the molecule is COCC(N)C(=O)Nc1ccc(F)cc1F.Cl. The summed E-state index contributed by atoms with van der Waals surface area (Å²) in [6.45, 7) is 0.0225. The topological polar surface area (TPSA) is 64.3 Å². The van der Waals surface area contributed by atoms with Crippen LogP contribution in [-0.4, -0.2) is 25.7 Å². The van der Waals surface area contributed by atoms with Crippen LogP contribution in [0.5, 0.6) is 0 Å². The number of carbonyl (C=O) groups excluding carboxylic acids is 1. The minimum absolute atomic E-state index is 0. The molecular formula is C10H13ClF2N2O2. The van der Waals surface area contributed by atoms with Crippen LogP contribution >= 0.6 is 12.4 Å². The lowest BCUT2D eigenvalue weighted by Gasteiger charge is -2.11. The first-order chi connectivity index (χ1) is 7.54. The molecule has 17 heavy (non-hydrogen) atoms. The summed E-state index contributed by atoms with van der Waals surface area (Å²) in [5.41, 5.74) is 5.31. The van der Waals surface area contributed by atoms with Gasteiger partial charge in [-0.05, 0) is 12.1 Å². The highest BCUT2D eigenvalue weighted by Gasteiger charge is 2.15. The zero-order valence-corrected chi connectivity index (χ0v) is 9.89. The summed E-state index contributed by atoms with van der Waals surface area (Å²) in [6.07, 6.45) is 0. The second kappa shape index (κ2) is 7.16. The number of amides is 1. The third kappa shape index (κ3) is 4.64. The standard InChI is InChI=1S/C10H12F2N2O2.ClH/c1-16-5-8(13)10(15)14-9-3-2-6(11)4-7(9)12;/h2-4,8H,5,13H2,1H3,(H,14,15);1H. The lowest BCUT2D eigenvalue weighted by atomic mass is 10.2. The highest BCUT2D eigenvalue weighted by Crippen LogP contribution is 2.14. The van der Waals surface area contributed by atoms with Gasteiger partial charge in [0.25, 0.3) is 0 Å². The van der Waals surface area contributed by atoms with Crippen LogP contribution in [0.4, 0.5) is 14.5 Å². The molecule has 96 valence electrons. The Morgan fingerprint density at radius 3 is 2.71 bits per heavy atom. The Kier molecular flexibility index (Phi) is 6.64. The van der Waals surface area contributed by atoms with Gasteiger partial charge in [-0.25, -0.2) is 8.78 Å². The average molecular weight is 267 g/mol. The summed E-state index contributed by atoms with van der Waals surface area (Å²) < 4.78 is 30.4. The molecule has 0 saturated carbocycles. The van der Waals surface area contributed by atoms with Crippen LogP contribution in [0.15, 0.2) is 18.2 Å². The maximum Gasteiger partial charge on any atom is 0.243 e. The highest BCUT2D eigenvalue weighted by atomic mass is 35.5. The summed E-state index contributed by atoms with van der Waals surface area (Å²) in [6, 6.07) is 1.95. The Bertz CT molecular complexity index is 391. The van der Waals surface area contributed by atoms with Crippen molar-refractivity contribution in [1.82, 2.24) is 0 Å². The van der Waals surface area contributed by atoms with Gasteiger partial charge in [-0.3, -0.25) is 4.79 Å². The van der Waals surface area contributed by atoms with Crippen molar-refractivity contribution in [1.29, 1.82) is 0 Å². The minimum Gasteiger partial charge on any atom is -0.383 e. The number of nitrogens with one attached hydrogen (secondary N) is 1. The fourth-order valence-electron chi connectivity index (χ4n) is 1.07. The molecule has 0 aliphatic rings. The van der Waals surface area contributed by atoms with Gasteiger partial charge in [-0.15, -0.1) is 12.4 Å². The van der Waals surface area contributed by atoms with E-state index in [1.165, 1.54) is 7.11 Å². The molecule has 0 aromatic heterocycles. The predicted molar refractivity (Wildman–Crippen MR) is 62.1 cm³/mol. The third-order valence-corrected chi connectivity index (χ3v) is 1.87. The van der Waals surface area contributed by atoms with E-state index in [4.69, 9.17) is 5.73 Å². The number of anilines is 1. The van der Waals surface area contributed by atoms with Gasteiger partial charge in [0.05, 0.1) is 12.3 Å². The van der Waals surface area contributed by atoms with Gasteiger partial charge in [-0.1, -0.05) is 0 Å². The summed E-state index contributed by atoms with van der Waals surface area (Å²) in [4.78, 5) is 11.4. The quantitative estimate of drug-likeness (QED) is 0.863. The van der Waals surface area contributed by atoms with Gasteiger partial charge in [0, 0.05) is 13.2 Å². The van der Waals surface area contributed by atoms with E-state index in [-0.39, 0.29) is 24.7 Å². The van der Waals surface area contributed by atoms with Crippen molar-refractivity contribution in [2.24, 2.45) is 5.73 Å². The molecule has 1 aromatic carbocycles. The maximum absolute atomic E-state index is 13.1. The molecule has 1 amide bonds. The van der Waals surface area contributed by atoms with Crippen LogP contribution in [0.1, 0.15) is 0 Å². The molecule has 0 spiro atoms. The van der Waals surface area contributed by atoms with Crippen molar-refractivity contribution in [3.05, 3.63) is 29.8 Å². The number of carbonyl (C=O) groups is 1. The number of ether oxygens (including phenoxy) is 1. The number of halogens is 3. The van der Waals surface area contributed by atoms with Crippen molar-refractivity contribution in [2.75, 3.05) is 19.0 Å². The zero-order chi connectivity index (χ0) is 12.1. The molecule has 3 N–H and O–H groups in total. The van der Waals surface area contributed by atoms with Gasteiger partial charge >= 0.3 is 0 Å². The van der Waals surface area contributed by atoms with E-state index in [2.05, 4.69) is 10.1 Å². The second-order valence-corrected chi connectivity index (χ2v) is 3.18. The first-order valence-electron chi connectivity index (χ1n) is 4.55. The molecular weight excluding hydrogens is 254 g/mol. The van der Waals surface area contributed by atoms with E-state index in [1.807, 2.05) is 0 Å². The molecule has 4 nitrogen and oxygen atoms in total. The first kappa shape index (κ1) is 15.8. The summed E-state index contributed by atoms with van der Waals surface area (Å²) in [5.74, 6) is -2.15. The van der Waals surface area contributed by atoms with Crippen LogP contribution in [0, 0.1) is 11.6 Å². The number of benzene rings is 1. The van der Waals surface area contributed by atoms with Crippen LogP contribution in [0.2, 0.25) is 0 Å². The van der Waals surface area contributed by atoms with Gasteiger partial charge in [0.1, 0.15) is 17.7 Å². The van der Waals surface area contributed by atoms with Crippen molar-refractivity contribution in [2.45, 2.75) is 6.04 Å². The first-order valence-corrected chi connectivity index (χ1v) is 4.55. The average Bonchev–Trinajstić information content (AvgIpc) is 2.22. The Hall–Kier alpha value is -1.24. The monoisotopic (exact) mass is 266 g/mol. The molecule has 1 aromatic rings. The third-order valence-electron chi connectivity index (χ3n) is 1.87. The molecule has 0 aliphatic carbocycles. The molecule has 0 bridgehead atoms. The van der Waals surface area contributed by atoms with Gasteiger partial charge in [0.15, 0.2) is 0 Å². The van der Waals surface area contributed by atoms with Gasteiger partial charge in [0.2, 0.25) is 5.91 Å². The van der Waals surface area contributed by atoms with E-state index in [1.54, 1.807) is 0 Å². The Labute approximate surface area is 104 Å². The Morgan fingerprint density at radius 1 is 1.53 bits per heavy atom. The summed E-state index contributed by atoms with van der Waals surface area (Å²) in [7, 11) is 1.39. The van der Waals surface area contributed by atoms with E-state index in [0.717, 1.165) is 12.1 Å². The fraction of sp³-hybridized carbons (Fsp3) is 0.300. The second-order valence-electron chi connectivity index (χ2n) is 3.18. The number of rotatable bonds is 4. The van der Waals surface area contributed by atoms with Crippen LogP contribution in [0.3, 0.4) is 0 Å². The molecule has 1 unspecified atom stereocenters. The Balaban J connectivity index is 0.00000256. The molecule has 0 aliphatic heterocycles. The normalized spacial score (nSPS) is 11.5. The summed E-state index contributed by atoms with van der Waals surface area (Å²) in [5, 5.41) is 2.24. The summed E-state index contributed by atoms with van der Waals surface area (Å²) >= 11 is 0. The molecule has 1 atom stereocenters. The van der Waals surface area contributed by atoms with E-state index >= 15 is 0 Å². The Morgan fingerprint density at radius 2 is 2.18 bits per heavy atom. The lowest BCUT2D eigenvalue weighted by Crippen LogP contribution is -2.39. The number of hydrogen-bond acceptors (Lipinski definition) is 3. The van der Waals surface area contributed by atoms with Crippen molar-refractivity contribution >= 4 is 24.0 Å². The smallest absolute Gasteiger partial charge is 0.243 e. The van der Waals surface area contributed by atoms with Crippen molar-refractivity contribution in [3.63, 3.8) is 0 Å². The van der Waals surface area contributed by atoms with Crippen molar-refractivity contribution in [3.8, 4) is 0 Å². The number of methoxy groups -OCH3 is 1. The predicted octanol–water partition coefficient (Wildman–Crippen LogP) is 1.30. The fourth-order valence-corrected chi connectivity index (χ4v) is 1.07. The largest absolute Gasteiger partial charge is 0.383 e. The van der Waals surface area contributed by atoms with E-state index < -0.39 is 23.6 Å². The minimum atomic E-state index is -0.894. The van der Waals surface area contributed by atoms with Gasteiger partial charge < -0.3 is 15.8 Å². The molecule has 0 fully saturated rings. The van der Waals surface area contributed by atoms with Crippen LogP contribution in [0.25, 0.3) is 0 Å². The molecule has 7 heteroatoms. The number of nitrogens with two attached hydrogens (primary N) is 1. The molecule has 0 radical (unpaired) electrons. The molecule has 0 saturated heterocycles. The van der Waals surface area contributed by atoms with E-state index in [9.17, 15) is 13.6 Å².